The van der Waals surface area contributed by atoms with Crippen LogP contribution in [0, 0.1) is 12.3 Å². The van der Waals surface area contributed by atoms with E-state index in [1.807, 2.05) is 31.2 Å². The highest BCUT2D eigenvalue weighted by Gasteiger charge is 2.45. The summed E-state index contributed by atoms with van der Waals surface area (Å²) in [5, 5.41) is 3.99. The van der Waals surface area contributed by atoms with E-state index in [-0.39, 0.29) is 11.3 Å². The molecule has 0 aliphatic carbocycles. The molecule has 0 radical (unpaired) electrons. The molecule has 1 amide bonds. The van der Waals surface area contributed by atoms with Gasteiger partial charge in [0.15, 0.2) is 5.76 Å². The van der Waals surface area contributed by atoms with Crippen molar-refractivity contribution in [2.45, 2.75) is 45.6 Å². The van der Waals surface area contributed by atoms with Crippen LogP contribution in [0.5, 0.6) is 0 Å². The number of rotatable bonds is 4. The molecule has 144 valence electrons. The van der Waals surface area contributed by atoms with Crippen molar-refractivity contribution < 1.29 is 9.32 Å². The molecule has 1 aromatic carbocycles. The number of carbonyl (C=O) groups is 1. The van der Waals surface area contributed by atoms with Crippen molar-refractivity contribution in [2.24, 2.45) is 5.41 Å². The molecular formula is C22H29N3O2. The molecule has 2 aliphatic heterocycles. The monoisotopic (exact) mass is 367 g/mol. The third-order valence-electron chi connectivity index (χ3n) is 6.33. The Morgan fingerprint density at radius 1 is 1.22 bits per heavy atom. The number of hydrogen-bond donors (Lipinski definition) is 0. The van der Waals surface area contributed by atoms with E-state index >= 15 is 0 Å². The first kappa shape index (κ1) is 18.2. The largest absolute Gasteiger partial charge is 0.360 e. The van der Waals surface area contributed by atoms with Crippen molar-refractivity contribution in [3.63, 3.8) is 0 Å². The van der Waals surface area contributed by atoms with Gasteiger partial charge in [0.05, 0.1) is 18.2 Å². The summed E-state index contributed by atoms with van der Waals surface area (Å²) in [6, 6.07) is 12.3. The van der Waals surface area contributed by atoms with Gasteiger partial charge in [-0.15, -0.1) is 0 Å². The summed E-state index contributed by atoms with van der Waals surface area (Å²) in [5.41, 5.74) is 2.34. The van der Waals surface area contributed by atoms with Crippen LogP contribution in [0.4, 0.5) is 0 Å². The Bertz CT molecular complexity index is 778. The summed E-state index contributed by atoms with van der Waals surface area (Å²) in [7, 11) is 0. The van der Waals surface area contributed by atoms with E-state index < -0.39 is 0 Å². The minimum atomic E-state index is 0.00312. The summed E-state index contributed by atoms with van der Waals surface area (Å²) in [5.74, 6) is 1.25. The zero-order valence-corrected chi connectivity index (χ0v) is 16.4. The molecule has 1 aromatic heterocycles. The topological polar surface area (TPSA) is 49.6 Å². The molecule has 0 bridgehead atoms. The molecule has 1 spiro atoms. The number of amides is 1. The number of benzene rings is 1. The van der Waals surface area contributed by atoms with E-state index in [0.29, 0.717) is 5.91 Å². The van der Waals surface area contributed by atoms with Crippen molar-refractivity contribution in [3.05, 3.63) is 53.4 Å². The summed E-state index contributed by atoms with van der Waals surface area (Å²) in [6.45, 7) is 8.68. The van der Waals surface area contributed by atoms with Gasteiger partial charge in [-0.25, -0.2) is 0 Å². The minimum absolute atomic E-state index is 0.00312. The van der Waals surface area contributed by atoms with Crippen LogP contribution >= 0.6 is 0 Å². The van der Waals surface area contributed by atoms with E-state index in [4.69, 9.17) is 4.52 Å². The third kappa shape index (κ3) is 3.79. The van der Waals surface area contributed by atoms with Crippen LogP contribution in [0.1, 0.15) is 49.1 Å². The lowest BCUT2D eigenvalue weighted by atomic mass is 9.67. The minimum Gasteiger partial charge on any atom is -0.360 e. The number of likely N-dealkylation sites (tertiary alicyclic amines) is 2. The molecule has 27 heavy (non-hydrogen) atoms. The molecule has 2 saturated heterocycles. The maximum Gasteiger partial charge on any atom is 0.230 e. The molecule has 5 nitrogen and oxygen atoms in total. The van der Waals surface area contributed by atoms with Gasteiger partial charge in [-0.3, -0.25) is 9.69 Å². The number of piperidine rings is 2. The van der Waals surface area contributed by atoms with Gasteiger partial charge in [0, 0.05) is 19.2 Å². The molecule has 2 aromatic rings. The van der Waals surface area contributed by atoms with Gasteiger partial charge in [0.2, 0.25) is 5.91 Å². The Kier molecular flexibility index (Phi) is 5.04. The highest BCUT2D eigenvalue weighted by atomic mass is 16.5. The van der Waals surface area contributed by atoms with Gasteiger partial charge in [0.25, 0.3) is 0 Å². The van der Waals surface area contributed by atoms with Crippen molar-refractivity contribution in [1.82, 2.24) is 15.0 Å². The predicted octanol–water partition coefficient (Wildman–Crippen LogP) is 3.60. The Hall–Kier alpha value is -2.14. The molecule has 5 heteroatoms. The SMILES string of the molecule is CCN1CC2(CCN(Cc3cc(C)no3)CC2)C[C@@H](c2ccccc2)C1=O. The number of carbonyl (C=O) groups excluding carboxylic acids is 1. The first-order valence-electron chi connectivity index (χ1n) is 10.1. The lowest BCUT2D eigenvalue weighted by Crippen LogP contribution is -2.53. The molecule has 0 unspecified atom stereocenters. The third-order valence-corrected chi connectivity index (χ3v) is 6.33. The number of nitrogens with zero attached hydrogens (tertiary/aromatic N) is 3. The molecule has 0 N–H and O–H groups in total. The molecule has 2 fully saturated rings. The first-order valence-corrected chi connectivity index (χ1v) is 10.1. The summed E-state index contributed by atoms with van der Waals surface area (Å²) in [6.07, 6.45) is 3.24. The van der Waals surface area contributed by atoms with Gasteiger partial charge >= 0.3 is 0 Å². The van der Waals surface area contributed by atoms with Crippen molar-refractivity contribution >= 4 is 5.91 Å². The van der Waals surface area contributed by atoms with E-state index in [1.165, 1.54) is 5.56 Å². The van der Waals surface area contributed by atoms with Crippen LogP contribution in [0.3, 0.4) is 0 Å². The lowest BCUT2D eigenvalue weighted by Gasteiger charge is -2.49. The first-order chi connectivity index (χ1) is 13.1. The van der Waals surface area contributed by atoms with Crippen molar-refractivity contribution in [2.75, 3.05) is 26.2 Å². The fourth-order valence-corrected chi connectivity index (χ4v) is 4.76. The number of likely N-dealkylation sites (N-methyl/N-ethyl adjacent to an activating group) is 1. The maximum absolute atomic E-state index is 13.0. The summed E-state index contributed by atoms with van der Waals surface area (Å²) in [4.78, 5) is 17.5. The van der Waals surface area contributed by atoms with E-state index in [9.17, 15) is 4.79 Å². The van der Waals surface area contributed by atoms with E-state index in [0.717, 1.165) is 63.4 Å². The van der Waals surface area contributed by atoms with Gasteiger partial charge in [-0.1, -0.05) is 35.5 Å². The van der Waals surface area contributed by atoms with E-state index in [1.54, 1.807) is 0 Å². The normalized spacial score (nSPS) is 23.1. The smallest absolute Gasteiger partial charge is 0.230 e. The second-order valence-corrected chi connectivity index (χ2v) is 8.23. The van der Waals surface area contributed by atoms with Crippen molar-refractivity contribution in [1.29, 1.82) is 0 Å². The second kappa shape index (κ2) is 7.47. The zero-order chi connectivity index (χ0) is 18.9. The second-order valence-electron chi connectivity index (χ2n) is 8.23. The van der Waals surface area contributed by atoms with E-state index in [2.05, 4.69) is 34.0 Å². The average molecular weight is 367 g/mol. The van der Waals surface area contributed by atoms with Crippen LogP contribution in [0.25, 0.3) is 0 Å². The Morgan fingerprint density at radius 2 is 1.96 bits per heavy atom. The predicted molar refractivity (Wildman–Crippen MR) is 104 cm³/mol. The fraction of sp³-hybridized carbons (Fsp3) is 0.545. The summed E-state index contributed by atoms with van der Waals surface area (Å²) < 4.78 is 5.38. The van der Waals surface area contributed by atoms with Gasteiger partial charge < -0.3 is 9.42 Å². The molecule has 1 atom stereocenters. The molecular weight excluding hydrogens is 338 g/mol. The zero-order valence-electron chi connectivity index (χ0n) is 16.4. The van der Waals surface area contributed by atoms with Crippen LogP contribution in [0.15, 0.2) is 40.9 Å². The highest BCUT2D eigenvalue weighted by molar-refractivity contribution is 5.84. The number of aromatic nitrogens is 1. The summed E-state index contributed by atoms with van der Waals surface area (Å²) >= 11 is 0. The van der Waals surface area contributed by atoms with Crippen molar-refractivity contribution in [3.8, 4) is 0 Å². The van der Waals surface area contributed by atoms with Crippen LogP contribution in [-0.2, 0) is 11.3 Å². The average Bonchev–Trinajstić information content (AvgIpc) is 3.11. The Morgan fingerprint density at radius 3 is 2.59 bits per heavy atom. The van der Waals surface area contributed by atoms with Crippen LogP contribution < -0.4 is 0 Å². The number of aryl methyl sites for hydroxylation is 1. The molecule has 0 saturated carbocycles. The van der Waals surface area contributed by atoms with Gasteiger partial charge in [0.1, 0.15) is 0 Å². The fourth-order valence-electron chi connectivity index (χ4n) is 4.76. The quantitative estimate of drug-likeness (QED) is 0.828. The standard InChI is InChI=1S/C22H29N3O2/c1-3-25-16-22(14-20(21(25)26)18-7-5-4-6-8-18)9-11-24(12-10-22)15-19-13-17(2)23-27-19/h4-8,13,20H,3,9-12,14-16H2,1-2H3/t20-/m0/s1. The molecule has 2 aliphatic rings. The Labute approximate surface area is 161 Å². The van der Waals surface area contributed by atoms with Crippen LogP contribution in [0.2, 0.25) is 0 Å². The van der Waals surface area contributed by atoms with Gasteiger partial charge in [-0.2, -0.15) is 0 Å². The highest BCUT2D eigenvalue weighted by Crippen LogP contribution is 2.45. The Balaban J connectivity index is 1.47. The van der Waals surface area contributed by atoms with Crippen LogP contribution in [-0.4, -0.2) is 47.0 Å². The lowest BCUT2D eigenvalue weighted by molar-refractivity contribution is -0.141. The number of hydrogen-bond acceptors (Lipinski definition) is 4. The maximum atomic E-state index is 13.0. The molecule has 3 heterocycles. The van der Waals surface area contributed by atoms with Gasteiger partial charge in [-0.05, 0) is 57.2 Å². The molecule has 4 rings (SSSR count).